The summed E-state index contributed by atoms with van der Waals surface area (Å²) in [6.07, 6.45) is 3.86. The molecule has 0 aromatic carbocycles. The molecule has 0 amide bonds. The molecule has 0 bridgehead atoms. The Morgan fingerprint density at radius 3 is 2.54 bits per heavy atom. The average molecular weight is 184 g/mol. The predicted octanol–water partition coefficient (Wildman–Crippen LogP) is 1.78. The number of aromatic nitrogens is 1. The number of pyridine rings is 1. The van der Waals surface area contributed by atoms with Crippen LogP contribution in [0, 0.1) is 11.6 Å². The second-order valence-corrected chi connectivity index (χ2v) is 3.17. The molecule has 1 N–H and O–H groups in total. The molecule has 70 valence electrons. The van der Waals surface area contributed by atoms with E-state index in [-0.39, 0.29) is 11.6 Å². The summed E-state index contributed by atoms with van der Waals surface area (Å²) in [5, 5.41) is 3.05. The maximum absolute atomic E-state index is 13.2. The van der Waals surface area contributed by atoms with E-state index < -0.39 is 11.6 Å². The summed E-state index contributed by atoms with van der Waals surface area (Å²) in [7, 11) is 0. The molecular formula is C9H10F2N2. The highest BCUT2D eigenvalue weighted by atomic mass is 19.1. The Labute approximate surface area is 75.0 Å². The van der Waals surface area contributed by atoms with Gasteiger partial charge in [-0.25, -0.2) is 8.78 Å². The molecule has 2 nitrogen and oxygen atoms in total. The lowest BCUT2D eigenvalue weighted by Crippen LogP contribution is -2.16. The van der Waals surface area contributed by atoms with Gasteiger partial charge in [0.2, 0.25) is 0 Å². The van der Waals surface area contributed by atoms with E-state index in [1.54, 1.807) is 0 Å². The van der Waals surface area contributed by atoms with Crippen LogP contribution >= 0.6 is 0 Å². The highest BCUT2D eigenvalue weighted by molar-refractivity contribution is 5.20. The van der Waals surface area contributed by atoms with Gasteiger partial charge in [-0.3, -0.25) is 4.98 Å². The van der Waals surface area contributed by atoms with Crippen LogP contribution in [0.4, 0.5) is 8.78 Å². The Morgan fingerprint density at radius 2 is 2.00 bits per heavy atom. The van der Waals surface area contributed by atoms with Crippen LogP contribution in [0.5, 0.6) is 0 Å². The lowest BCUT2D eigenvalue weighted by Gasteiger charge is -2.11. The Kier molecular flexibility index (Phi) is 2.22. The second kappa shape index (κ2) is 3.38. The molecule has 2 heterocycles. The molecule has 4 heteroatoms. The summed E-state index contributed by atoms with van der Waals surface area (Å²) >= 11 is 0. The van der Waals surface area contributed by atoms with Gasteiger partial charge in [-0.1, -0.05) is 0 Å². The van der Waals surface area contributed by atoms with Gasteiger partial charge in [0, 0.05) is 11.6 Å². The summed E-state index contributed by atoms with van der Waals surface area (Å²) in [5.41, 5.74) is 0.132. The van der Waals surface area contributed by atoms with Crippen molar-refractivity contribution >= 4 is 0 Å². The van der Waals surface area contributed by atoms with Gasteiger partial charge in [0.25, 0.3) is 0 Å². The van der Waals surface area contributed by atoms with Crippen LogP contribution in [0.15, 0.2) is 12.4 Å². The molecule has 0 unspecified atom stereocenters. The monoisotopic (exact) mass is 184 g/mol. The van der Waals surface area contributed by atoms with Gasteiger partial charge < -0.3 is 5.32 Å². The molecule has 13 heavy (non-hydrogen) atoms. The van der Waals surface area contributed by atoms with Crippen LogP contribution in [0.2, 0.25) is 0 Å². The van der Waals surface area contributed by atoms with Gasteiger partial charge in [0.1, 0.15) is 11.6 Å². The van der Waals surface area contributed by atoms with Crippen molar-refractivity contribution in [1.82, 2.24) is 10.3 Å². The van der Waals surface area contributed by atoms with Crippen molar-refractivity contribution in [3.8, 4) is 0 Å². The SMILES string of the molecule is Fc1cncc(F)c1[C@@H]1CCCN1. The smallest absolute Gasteiger partial charge is 0.149 e. The lowest BCUT2D eigenvalue weighted by atomic mass is 10.1. The highest BCUT2D eigenvalue weighted by Crippen LogP contribution is 2.26. The standard InChI is InChI=1S/C9H10F2N2/c10-6-4-12-5-7(11)9(6)8-2-1-3-13-8/h4-5,8,13H,1-3H2/t8-/m0/s1. The fourth-order valence-corrected chi connectivity index (χ4v) is 1.69. The fourth-order valence-electron chi connectivity index (χ4n) is 1.69. The molecule has 1 fully saturated rings. The summed E-state index contributed by atoms with van der Waals surface area (Å²) in [4.78, 5) is 3.44. The Morgan fingerprint density at radius 1 is 1.31 bits per heavy atom. The maximum Gasteiger partial charge on any atom is 0.149 e. The minimum absolute atomic E-state index is 0.132. The first-order valence-electron chi connectivity index (χ1n) is 4.31. The fraction of sp³-hybridized carbons (Fsp3) is 0.444. The number of halogens is 2. The van der Waals surface area contributed by atoms with Gasteiger partial charge >= 0.3 is 0 Å². The summed E-state index contributed by atoms with van der Waals surface area (Å²) in [6.45, 7) is 0.825. The van der Waals surface area contributed by atoms with Crippen molar-refractivity contribution in [3.63, 3.8) is 0 Å². The van der Waals surface area contributed by atoms with Crippen LogP contribution < -0.4 is 5.32 Å². The molecule has 1 aliphatic rings. The van der Waals surface area contributed by atoms with E-state index in [9.17, 15) is 8.78 Å². The largest absolute Gasteiger partial charge is 0.310 e. The van der Waals surface area contributed by atoms with Crippen LogP contribution in [0.25, 0.3) is 0 Å². The van der Waals surface area contributed by atoms with E-state index >= 15 is 0 Å². The second-order valence-electron chi connectivity index (χ2n) is 3.17. The van der Waals surface area contributed by atoms with Crippen molar-refractivity contribution in [1.29, 1.82) is 0 Å². The van der Waals surface area contributed by atoms with E-state index in [1.165, 1.54) is 0 Å². The Hall–Kier alpha value is -1.03. The zero-order chi connectivity index (χ0) is 9.26. The Balaban J connectivity index is 2.37. The van der Waals surface area contributed by atoms with E-state index in [1.807, 2.05) is 0 Å². The van der Waals surface area contributed by atoms with E-state index in [0.29, 0.717) is 0 Å². The third-order valence-corrected chi connectivity index (χ3v) is 2.30. The van der Waals surface area contributed by atoms with Crippen molar-refractivity contribution in [2.75, 3.05) is 6.54 Å². The van der Waals surface area contributed by atoms with Gasteiger partial charge in [-0.05, 0) is 19.4 Å². The van der Waals surface area contributed by atoms with Gasteiger partial charge in [-0.15, -0.1) is 0 Å². The van der Waals surface area contributed by atoms with Gasteiger partial charge in [-0.2, -0.15) is 0 Å². The van der Waals surface area contributed by atoms with Crippen molar-refractivity contribution in [3.05, 3.63) is 29.6 Å². The average Bonchev–Trinajstić information content (AvgIpc) is 2.57. The minimum atomic E-state index is -0.556. The first-order valence-corrected chi connectivity index (χ1v) is 4.31. The molecule has 0 saturated carbocycles. The molecule has 1 aromatic rings. The Bertz CT molecular complexity index is 288. The molecule has 1 aromatic heterocycles. The number of hydrogen-bond acceptors (Lipinski definition) is 2. The highest BCUT2D eigenvalue weighted by Gasteiger charge is 2.22. The minimum Gasteiger partial charge on any atom is -0.310 e. The molecular weight excluding hydrogens is 174 g/mol. The molecule has 1 saturated heterocycles. The van der Waals surface area contributed by atoms with Crippen LogP contribution in [0.3, 0.4) is 0 Å². The molecule has 1 atom stereocenters. The summed E-state index contributed by atoms with van der Waals surface area (Å²) in [6, 6.07) is -0.178. The van der Waals surface area contributed by atoms with Crippen LogP contribution in [-0.4, -0.2) is 11.5 Å². The van der Waals surface area contributed by atoms with Crippen LogP contribution in [0.1, 0.15) is 24.4 Å². The van der Waals surface area contributed by atoms with E-state index in [0.717, 1.165) is 31.8 Å². The summed E-state index contributed by atoms with van der Waals surface area (Å²) < 4.78 is 26.3. The van der Waals surface area contributed by atoms with Gasteiger partial charge in [0.05, 0.1) is 12.4 Å². The predicted molar refractivity (Wildman–Crippen MR) is 44.1 cm³/mol. The number of nitrogens with zero attached hydrogens (tertiary/aromatic N) is 1. The number of nitrogens with one attached hydrogen (secondary N) is 1. The molecule has 0 spiro atoms. The zero-order valence-corrected chi connectivity index (χ0v) is 7.06. The topological polar surface area (TPSA) is 24.9 Å². The number of rotatable bonds is 1. The first-order chi connectivity index (χ1) is 6.29. The van der Waals surface area contributed by atoms with Crippen molar-refractivity contribution in [2.24, 2.45) is 0 Å². The van der Waals surface area contributed by atoms with E-state index in [2.05, 4.69) is 10.3 Å². The van der Waals surface area contributed by atoms with E-state index in [4.69, 9.17) is 0 Å². The molecule has 0 radical (unpaired) electrons. The molecule has 0 aliphatic carbocycles. The van der Waals surface area contributed by atoms with Crippen LogP contribution in [-0.2, 0) is 0 Å². The van der Waals surface area contributed by atoms with Gasteiger partial charge in [0.15, 0.2) is 0 Å². The molecule has 1 aliphatic heterocycles. The normalized spacial score (nSPS) is 22.2. The van der Waals surface area contributed by atoms with Crippen molar-refractivity contribution in [2.45, 2.75) is 18.9 Å². The number of hydrogen-bond donors (Lipinski definition) is 1. The third-order valence-electron chi connectivity index (χ3n) is 2.30. The third kappa shape index (κ3) is 1.54. The quantitative estimate of drug-likeness (QED) is 0.719. The zero-order valence-electron chi connectivity index (χ0n) is 7.06. The first kappa shape index (κ1) is 8.56. The summed E-state index contributed by atoms with van der Waals surface area (Å²) in [5.74, 6) is -1.11. The molecule has 2 rings (SSSR count). The van der Waals surface area contributed by atoms with Crippen molar-refractivity contribution < 1.29 is 8.78 Å². The maximum atomic E-state index is 13.2. The lowest BCUT2D eigenvalue weighted by molar-refractivity contribution is 0.500.